The highest BCUT2D eigenvalue weighted by Gasteiger charge is 2.43. The number of nitrogens with one attached hydrogen (secondary N) is 1. The minimum atomic E-state index is -3.16. The van der Waals surface area contributed by atoms with Crippen LogP contribution in [0.1, 0.15) is 25.5 Å². The quantitative estimate of drug-likeness (QED) is 0.804. The van der Waals surface area contributed by atoms with E-state index in [0.29, 0.717) is 31.7 Å². The van der Waals surface area contributed by atoms with Gasteiger partial charge in [0.15, 0.2) is 0 Å². The zero-order valence-electron chi connectivity index (χ0n) is 13.9. The highest BCUT2D eigenvalue weighted by molar-refractivity contribution is 5.48. The fourth-order valence-corrected chi connectivity index (χ4v) is 3.20. The molecule has 130 valence electrons. The van der Waals surface area contributed by atoms with Crippen molar-refractivity contribution in [3.05, 3.63) is 29.8 Å². The number of rotatable bonds is 7. The first-order valence-corrected chi connectivity index (χ1v) is 8.31. The number of benzene rings is 1. The fraction of sp³-hybridized carbons (Fsp3) is 0.647. The molecule has 1 aliphatic heterocycles. The Morgan fingerprint density at radius 3 is 2.22 bits per heavy atom. The molecule has 1 fully saturated rings. The third-order valence-electron chi connectivity index (χ3n) is 4.47. The lowest BCUT2D eigenvalue weighted by Gasteiger charge is -2.39. The van der Waals surface area contributed by atoms with Gasteiger partial charge in [-0.05, 0) is 31.5 Å². The van der Waals surface area contributed by atoms with E-state index >= 15 is 0 Å². The van der Waals surface area contributed by atoms with Crippen LogP contribution < -0.4 is 10.2 Å². The van der Waals surface area contributed by atoms with Crippen molar-refractivity contribution in [2.45, 2.75) is 25.8 Å². The van der Waals surface area contributed by atoms with E-state index in [1.54, 1.807) is 17.0 Å². The van der Waals surface area contributed by atoms with E-state index in [1.165, 1.54) is 0 Å². The zero-order chi connectivity index (χ0) is 16.9. The molecule has 0 radical (unpaired) electrons. The van der Waals surface area contributed by atoms with Crippen molar-refractivity contribution in [1.29, 1.82) is 0 Å². The topological polar surface area (TPSA) is 38.7 Å². The van der Waals surface area contributed by atoms with Gasteiger partial charge in [-0.3, -0.25) is 4.90 Å². The van der Waals surface area contributed by atoms with Crippen molar-refractivity contribution in [1.82, 2.24) is 10.2 Å². The van der Waals surface area contributed by atoms with Gasteiger partial charge >= 0.3 is 0 Å². The van der Waals surface area contributed by atoms with E-state index in [9.17, 15) is 13.9 Å². The predicted molar refractivity (Wildman–Crippen MR) is 89.2 cm³/mol. The summed E-state index contributed by atoms with van der Waals surface area (Å²) in [4.78, 5) is 3.94. The van der Waals surface area contributed by atoms with E-state index < -0.39 is 18.6 Å². The summed E-state index contributed by atoms with van der Waals surface area (Å²) in [5.41, 5.74) is 1.59. The summed E-state index contributed by atoms with van der Waals surface area (Å²) in [5.74, 6) is -3.16. The molecule has 4 nitrogen and oxygen atoms in total. The van der Waals surface area contributed by atoms with Gasteiger partial charge in [0.1, 0.15) is 12.6 Å². The third kappa shape index (κ3) is 4.19. The van der Waals surface area contributed by atoms with Crippen molar-refractivity contribution in [2.75, 3.05) is 50.8 Å². The molecule has 1 aromatic carbocycles. The summed E-state index contributed by atoms with van der Waals surface area (Å²) >= 11 is 0. The van der Waals surface area contributed by atoms with Crippen molar-refractivity contribution in [3.63, 3.8) is 0 Å². The molecule has 0 aliphatic carbocycles. The van der Waals surface area contributed by atoms with Crippen LogP contribution in [0.4, 0.5) is 14.5 Å². The Balaban J connectivity index is 2.28. The summed E-state index contributed by atoms with van der Waals surface area (Å²) in [6, 6.07) is 6.24. The van der Waals surface area contributed by atoms with E-state index in [1.807, 2.05) is 12.1 Å². The lowest BCUT2D eigenvalue weighted by atomic mass is 9.98. The van der Waals surface area contributed by atoms with Crippen LogP contribution in [0.2, 0.25) is 0 Å². The second kappa shape index (κ2) is 8.04. The molecule has 1 atom stereocenters. The summed E-state index contributed by atoms with van der Waals surface area (Å²) in [6.45, 7) is 7.25. The largest absolute Gasteiger partial charge is 0.390 e. The standard InChI is InChI=1S/C17H27F2N3O/c1-3-21(4-2)15-7-5-14(6-8-15)16(17(18,19)13-23)22-11-9-20-10-12-22/h5-8,16,20,23H,3-4,9-13H2,1-2H3/t16-/m1/s1. The number of nitrogens with zero attached hydrogens (tertiary/aromatic N) is 2. The van der Waals surface area contributed by atoms with E-state index in [4.69, 9.17) is 0 Å². The van der Waals surface area contributed by atoms with Crippen LogP contribution in [0.5, 0.6) is 0 Å². The first-order valence-electron chi connectivity index (χ1n) is 8.31. The van der Waals surface area contributed by atoms with Crippen LogP contribution in [-0.2, 0) is 0 Å². The first-order chi connectivity index (χ1) is 11.0. The van der Waals surface area contributed by atoms with Crippen molar-refractivity contribution in [2.24, 2.45) is 0 Å². The SMILES string of the molecule is CCN(CC)c1ccc([C@@H](N2CCNCC2)C(F)(F)CO)cc1. The highest BCUT2D eigenvalue weighted by Crippen LogP contribution is 2.37. The summed E-state index contributed by atoms with van der Waals surface area (Å²) < 4.78 is 28.7. The maximum Gasteiger partial charge on any atom is 0.289 e. The van der Waals surface area contributed by atoms with Gasteiger partial charge in [0.05, 0.1) is 0 Å². The van der Waals surface area contributed by atoms with Gasteiger partial charge < -0.3 is 15.3 Å². The highest BCUT2D eigenvalue weighted by atomic mass is 19.3. The van der Waals surface area contributed by atoms with Crippen LogP contribution in [-0.4, -0.2) is 61.8 Å². The number of hydrogen-bond acceptors (Lipinski definition) is 4. The molecule has 0 spiro atoms. The van der Waals surface area contributed by atoms with Gasteiger partial charge in [-0.15, -0.1) is 0 Å². The summed E-state index contributed by atoms with van der Waals surface area (Å²) in [5, 5.41) is 12.3. The van der Waals surface area contributed by atoms with E-state index in [0.717, 1.165) is 18.8 Å². The van der Waals surface area contributed by atoms with Gasteiger partial charge in [-0.1, -0.05) is 12.1 Å². The second-order valence-corrected chi connectivity index (χ2v) is 5.87. The Bertz CT molecular complexity index is 471. The van der Waals surface area contributed by atoms with E-state index in [2.05, 4.69) is 24.1 Å². The number of anilines is 1. The van der Waals surface area contributed by atoms with Gasteiger partial charge in [-0.2, -0.15) is 0 Å². The Labute approximate surface area is 137 Å². The van der Waals surface area contributed by atoms with Gasteiger partial charge in [-0.25, -0.2) is 8.78 Å². The zero-order valence-corrected chi connectivity index (χ0v) is 13.9. The van der Waals surface area contributed by atoms with Crippen LogP contribution in [0, 0.1) is 0 Å². The molecule has 1 aromatic rings. The Morgan fingerprint density at radius 2 is 1.74 bits per heavy atom. The molecule has 1 saturated heterocycles. The van der Waals surface area contributed by atoms with Crippen LogP contribution in [0.25, 0.3) is 0 Å². The molecule has 0 amide bonds. The Morgan fingerprint density at radius 1 is 1.17 bits per heavy atom. The van der Waals surface area contributed by atoms with E-state index in [-0.39, 0.29) is 0 Å². The number of alkyl halides is 2. The Hall–Kier alpha value is -1.24. The lowest BCUT2D eigenvalue weighted by molar-refractivity contribution is -0.118. The van der Waals surface area contributed by atoms with Gasteiger partial charge in [0.2, 0.25) is 0 Å². The smallest absolute Gasteiger partial charge is 0.289 e. The van der Waals surface area contributed by atoms with Crippen molar-refractivity contribution >= 4 is 5.69 Å². The predicted octanol–water partition coefficient (Wildman–Crippen LogP) is 2.11. The molecule has 0 unspecified atom stereocenters. The van der Waals surface area contributed by atoms with Crippen molar-refractivity contribution < 1.29 is 13.9 Å². The lowest BCUT2D eigenvalue weighted by Crippen LogP contribution is -2.51. The normalized spacial score (nSPS) is 18.0. The first kappa shape index (κ1) is 18.1. The second-order valence-electron chi connectivity index (χ2n) is 5.87. The molecule has 0 aromatic heterocycles. The number of piperazine rings is 1. The average molecular weight is 327 g/mol. The summed E-state index contributed by atoms with van der Waals surface area (Å²) in [6.07, 6.45) is 0. The molecular formula is C17H27F2N3O. The Kier molecular flexibility index (Phi) is 6.33. The molecular weight excluding hydrogens is 300 g/mol. The number of hydrogen-bond donors (Lipinski definition) is 2. The molecule has 2 rings (SSSR count). The average Bonchev–Trinajstić information content (AvgIpc) is 2.58. The molecule has 23 heavy (non-hydrogen) atoms. The van der Waals surface area contributed by atoms with Crippen LogP contribution in [0.15, 0.2) is 24.3 Å². The number of halogens is 2. The molecule has 6 heteroatoms. The number of aliphatic hydroxyl groups excluding tert-OH is 1. The van der Waals surface area contributed by atoms with Gasteiger partial charge in [0.25, 0.3) is 5.92 Å². The molecule has 0 bridgehead atoms. The molecule has 1 heterocycles. The molecule has 1 aliphatic rings. The monoisotopic (exact) mass is 327 g/mol. The minimum Gasteiger partial charge on any atom is -0.390 e. The maximum atomic E-state index is 14.4. The van der Waals surface area contributed by atoms with Crippen molar-refractivity contribution in [3.8, 4) is 0 Å². The summed E-state index contributed by atoms with van der Waals surface area (Å²) in [7, 11) is 0. The van der Waals surface area contributed by atoms with Crippen LogP contribution >= 0.6 is 0 Å². The maximum absolute atomic E-state index is 14.4. The van der Waals surface area contributed by atoms with Crippen LogP contribution in [0.3, 0.4) is 0 Å². The number of aliphatic hydroxyl groups is 1. The molecule has 0 saturated carbocycles. The third-order valence-corrected chi connectivity index (χ3v) is 4.47. The minimum absolute atomic E-state index is 0.554. The molecule has 2 N–H and O–H groups in total. The fourth-order valence-electron chi connectivity index (χ4n) is 3.20. The van der Waals surface area contributed by atoms with Gasteiger partial charge in [0, 0.05) is 45.0 Å².